The Morgan fingerprint density at radius 2 is 1.94 bits per heavy atom. The summed E-state index contributed by atoms with van der Waals surface area (Å²) in [5.41, 5.74) is 3.59. The average molecular weight is 261 g/mol. The zero-order valence-electron chi connectivity index (χ0n) is 11.1. The smallest absolute Gasteiger partial charge is 0.0776 e. The SMILES string of the molecule is CCCNC(c1ccc(C)cc1)c1snnc1C. The molecule has 0 bridgehead atoms. The van der Waals surface area contributed by atoms with Gasteiger partial charge in [0.2, 0.25) is 0 Å². The maximum atomic E-state index is 4.12. The van der Waals surface area contributed by atoms with Gasteiger partial charge in [-0.2, -0.15) is 0 Å². The molecule has 4 heteroatoms. The Kier molecular flexibility index (Phi) is 4.44. The van der Waals surface area contributed by atoms with Crippen molar-refractivity contribution in [1.29, 1.82) is 0 Å². The molecule has 1 aromatic heterocycles. The van der Waals surface area contributed by atoms with Crippen molar-refractivity contribution < 1.29 is 0 Å². The van der Waals surface area contributed by atoms with Gasteiger partial charge in [-0.15, -0.1) is 5.10 Å². The van der Waals surface area contributed by atoms with E-state index in [0.717, 1.165) is 18.7 Å². The van der Waals surface area contributed by atoms with Gasteiger partial charge in [-0.25, -0.2) is 0 Å². The fourth-order valence-electron chi connectivity index (χ4n) is 1.91. The van der Waals surface area contributed by atoms with E-state index >= 15 is 0 Å². The van der Waals surface area contributed by atoms with E-state index in [1.807, 2.05) is 6.92 Å². The van der Waals surface area contributed by atoms with Crippen LogP contribution in [0.5, 0.6) is 0 Å². The number of rotatable bonds is 5. The highest BCUT2D eigenvalue weighted by atomic mass is 32.1. The van der Waals surface area contributed by atoms with Crippen molar-refractivity contribution in [3.8, 4) is 0 Å². The molecule has 1 atom stereocenters. The van der Waals surface area contributed by atoms with Gasteiger partial charge in [-0.3, -0.25) is 0 Å². The Morgan fingerprint density at radius 1 is 1.22 bits per heavy atom. The van der Waals surface area contributed by atoms with Crippen LogP contribution in [-0.4, -0.2) is 16.1 Å². The van der Waals surface area contributed by atoms with Gasteiger partial charge in [0, 0.05) is 0 Å². The third-order valence-electron chi connectivity index (χ3n) is 2.96. The number of aryl methyl sites for hydroxylation is 2. The van der Waals surface area contributed by atoms with Crippen molar-refractivity contribution in [3.05, 3.63) is 46.0 Å². The molecule has 0 spiro atoms. The Hall–Kier alpha value is -1.26. The largest absolute Gasteiger partial charge is 0.305 e. The molecule has 1 aromatic carbocycles. The summed E-state index contributed by atoms with van der Waals surface area (Å²) in [5.74, 6) is 0. The molecule has 0 aliphatic heterocycles. The first-order chi connectivity index (χ1) is 8.72. The van der Waals surface area contributed by atoms with Crippen molar-refractivity contribution >= 4 is 11.5 Å². The fraction of sp³-hybridized carbons (Fsp3) is 0.429. The lowest BCUT2D eigenvalue weighted by molar-refractivity contribution is 0.602. The zero-order chi connectivity index (χ0) is 13.0. The van der Waals surface area contributed by atoms with Crippen LogP contribution in [0.2, 0.25) is 0 Å². The van der Waals surface area contributed by atoms with Gasteiger partial charge in [-0.1, -0.05) is 41.2 Å². The van der Waals surface area contributed by atoms with E-state index < -0.39 is 0 Å². The van der Waals surface area contributed by atoms with Crippen LogP contribution < -0.4 is 5.32 Å². The van der Waals surface area contributed by atoms with Crippen LogP contribution in [0.1, 0.15) is 41.1 Å². The second kappa shape index (κ2) is 6.07. The van der Waals surface area contributed by atoms with Gasteiger partial charge < -0.3 is 5.32 Å². The molecule has 2 aromatic rings. The molecule has 3 nitrogen and oxygen atoms in total. The van der Waals surface area contributed by atoms with Crippen LogP contribution in [0.4, 0.5) is 0 Å². The highest BCUT2D eigenvalue weighted by molar-refractivity contribution is 7.05. The Balaban J connectivity index is 2.30. The Labute approximate surface area is 112 Å². The summed E-state index contributed by atoms with van der Waals surface area (Å²) in [5, 5.41) is 7.70. The van der Waals surface area contributed by atoms with Gasteiger partial charge in [0.25, 0.3) is 0 Å². The zero-order valence-corrected chi connectivity index (χ0v) is 11.9. The van der Waals surface area contributed by atoms with Crippen LogP contribution >= 0.6 is 11.5 Å². The van der Waals surface area contributed by atoms with E-state index in [1.54, 1.807) is 0 Å². The van der Waals surface area contributed by atoms with E-state index in [2.05, 4.69) is 53.0 Å². The summed E-state index contributed by atoms with van der Waals surface area (Å²) in [6.45, 7) is 7.30. The van der Waals surface area contributed by atoms with E-state index in [4.69, 9.17) is 0 Å². The first kappa shape index (κ1) is 13.2. The molecule has 0 aliphatic carbocycles. The summed E-state index contributed by atoms with van der Waals surface area (Å²) in [4.78, 5) is 1.22. The van der Waals surface area contributed by atoms with E-state index in [-0.39, 0.29) is 6.04 Å². The predicted molar refractivity (Wildman–Crippen MR) is 76.0 cm³/mol. The van der Waals surface area contributed by atoms with Crippen LogP contribution in [-0.2, 0) is 0 Å². The minimum absolute atomic E-state index is 0.213. The van der Waals surface area contributed by atoms with Crippen molar-refractivity contribution in [2.75, 3.05) is 6.54 Å². The number of hydrogen-bond acceptors (Lipinski definition) is 4. The van der Waals surface area contributed by atoms with Crippen molar-refractivity contribution in [2.24, 2.45) is 0 Å². The second-order valence-corrected chi connectivity index (χ2v) is 5.31. The molecule has 0 saturated carbocycles. The maximum absolute atomic E-state index is 4.12. The molecule has 0 saturated heterocycles. The molecule has 2 rings (SSSR count). The van der Waals surface area contributed by atoms with Crippen LogP contribution in [0.15, 0.2) is 24.3 Å². The summed E-state index contributed by atoms with van der Waals surface area (Å²) < 4.78 is 4.05. The minimum atomic E-state index is 0.213. The molecule has 1 N–H and O–H groups in total. The molecule has 0 aliphatic rings. The minimum Gasteiger partial charge on any atom is -0.305 e. The number of aromatic nitrogens is 2. The Bertz CT molecular complexity index is 490. The van der Waals surface area contributed by atoms with Gasteiger partial charge in [0.05, 0.1) is 16.6 Å². The number of hydrogen-bond donors (Lipinski definition) is 1. The lowest BCUT2D eigenvalue weighted by atomic mass is 10.0. The normalized spacial score (nSPS) is 12.6. The standard InChI is InChI=1S/C14H19N3S/c1-4-9-15-13(14-11(3)16-17-18-14)12-7-5-10(2)6-8-12/h5-8,13,15H,4,9H2,1-3H3. The highest BCUT2D eigenvalue weighted by Crippen LogP contribution is 2.26. The number of nitrogens with one attached hydrogen (secondary N) is 1. The second-order valence-electron chi connectivity index (χ2n) is 4.52. The molecule has 0 amide bonds. The van der Waals surface area contributed by atoms with Crippen LogP contribution in [0, 0.1) is 13.8 Å². The highest BCUT2D eigenvalue weighted by Gasteiger charge is 2.18. The molecule has 1 heterocycles. The Morgan fingerprint density at radius 3 is 2.50 bits per heavy atom. The summed E-state index contributed by atoms with van der Waals surface area (Å²) >= 11 is 1.48. The third-order valence-corrected chi connectivity index (χ3v) is 3.85. The van der Waals surface area contributed by atoms with Gasteiger partial charge in [0.1, 0.15) is 0 Å². The maximum Gasteiger partial charge on any atom is 0.0776 e. The molecule has 96 valence electrons. The molecule has 18 heavy (non-hydrogen) atoms. The van der Waals surface area contributed by atoms with E-state index in [1.165, 1.54) is 27.5 Å². The number of nitrogens with zero attached hydrogens (tertiary/aromatic N) is 2. The molecule has 0 radical (unpaired) electrons. The lowest BCUT2D eigenvalue weighted by Crippen LogP contribution is -2.23. The first-order valence-corrected chi connectivity index (χ1v) is 7.08. The van der Waals surface area contributed by atoms with E-state index in [0.29, 0.717) is 0 Å². The molecule has 0 fully saturated rings. The van der Waals surface area contributed by atoms with Gasteiger partial charge in [0.15, 0.2) is 0 Å². The summed E-state index contributed by atoms with van der Waals surface area (Å²) in [7, 11) is 0. The third kappa shape index (κ3) is 2.94. The number of benzene rings is 1. The lowest BCUT2D eigenvalue weighted by Gasteiger charge is -2.17. The molecular formula is C14H19N3S. The quantitative estimate of drug-likeness (QED) is 0.898. The molecular weight excluding hydrogens is 242 g/mol. The van der Waals surface area contributed by atoms with Crippen LogP contribution in [0.3, 0.4) is 0 Å². The van der Waals surface area contributed by atoms with E-state index in [9.17, 15) is 0 Å². The van der Waals surface area contributed by atoms with Crippen molar-refractivity contribution in [2.45, 2.75) is 33.2 Å². The molecule has 1 unspecified atom stereocenters. The van der Waals surface area contributed by atoms with Crippen molar-refractivity contribution in [1.82, 2.24) is 14.9 Å². The fourth-order valence-corrected chi connectivity index (χ4v) is 2.66. The van der Waals surface area contributed by atoms with Crippen LogP contribution in [0.25, 0.3) is 0 Å². The monoisotopic (exact) mass is 261 g/mol. The van der Waals surface area contributed by atoms with Gasteiger partial charge >= 0.3 is 0 Å². The first-order valence-electron chi connectivity index (χ1n) is 6.31. The predicted octanol–water partition coefficient (Wildman–Crippen LogP) is 3.24. The van der Waals surface area contributed by atoms with Gasteiger partial charge in [-0.05, 0) is 43.9 Å². The average Bonchev–Trinajstić information content (AvgIpc) is 2.78. The topological polar surface area (TPSA) is 37.8 Å². The summed E-state index contributed by atoms with van der Waals surface area (Å²) in [6, 6.07) is 8.88. The van der Waals surface area contributed by atoms with Crippen molar-refractivity contribution in [3.63, 3.8) is 0 Å². The summed E-state index contributed by atoms with van der Waals surface area (Å²) in [6.07, 6.45) is 1.12.